The first-order chi connectivity index (χ1) is 28.7. The molecule has 0 radical (unpaired) electrons. The highest BCUT2D eigenvalue weighted by Gasteiger charge is 2.18. The summed E-state index contributed by atoms with van der Waals surface area (Å²) in [6, 6.07) is 79.1. The molecule has 10 rings (SSSR count). The summed E-state index contributed by atoms with van der Waals surface area (Å²) in [6.07, 6.45) is 0. The minimum atomic E-state index is 0.629. The van der Waals surface area contributed by atoms with Crippen LogP contribution in [-0.2, 0) is 0 Å². The van der Waals surface area contributed by atoms with E-state index in [-0.39, 0.29) is 0 Å². The van der Waals surface area contributed by atoms with Gasteiger partial charge in [0.05, 0.1) is 0 Å². The molecule has 1 aromatic heterocycles. The predicted molar refractivity (Wildman–Crippen MR) is 241 cm³/mol. The smallest absolute Gasteiger partial charge is 0.164 e. The van der Waals surface area contributed by atoms with E-state index in [0.29, 0.717) is 17.5 Å². The summed E-state index contributed by atoms with van der Waals surface area (Å²) in [4.78, 5) is 15.1. The van der Waals surface area contributed by atoms with Gasteiger partial charge in [-0.2, -0.15) is 0 Å². The lowest BCUT2D eigenvalue weighted by molar-refractivity contribution is 1.07. The molecule has 3 nitrogen and oxygen atoms in total. The fraction of sp³-hybridized carbons (Fsp3) is 0. The van der Waals surface area contributed by atoms with Crippen LogP contribution in [0.4, 0.5) is 0 Å². The van der Waals surface area contributed by atoms with Gasteiger partial charge >= 0.3 is 0 Å². The minimum Gasteiger partial charge on any atom is -0.208 e. The third-order valence-corrected chi connectivity index (χ3v) is 10.7. The summed E-state index contributed by atoms with van der Waals surface area (Å²) >= 11 is 0. The number of hydrogen-bond acceptors (Lipinski definition) is 3. The van der Waals surface area contributed by atoms with E-state index in [1.165, 1.54) is 44.2 Å². The van der Waals surface area contributed by atoms with Crippen LogP contribution in [0.2, 0.25) is 0 Å². The zero-order chi connectivity index (χ0) is 38.7. The Morgan fingerprint density at radius 3 is 1.05 bits per heavy atom. The van der Waals surface area contributed by atoms with Gasteiger partial charge in [0.2, 0.25) is 0 Å². The molecule has 0 unspecified atom stereocenters. The van der Waals surface area contributed by atoms with Crippen LogP contribution in [0.25, 0.3) is 101 Å². The van der Waals surface area contributed by atoms with Gasteiger partial charge in [-0.15, -0.1) is 0 Å². The average molecular weight is 740 g/mol. The summed E-state index contributed by atoms with van der Waals surface area (Å²) in [5.41, 5.74) is 14.5. The number of benzene rings is 9. The van der Waals surface area contributed by atoms with E-state index in [4.69, 9.17) is 15.0 Å². The van der Waals surface area contributed by atoms with Crippen molar-refractivity contribution in [2.24, 2.45) is 0 Å². The Labute approximate surface area is 338 Å². The second-order valence-electron chi connectivity index (χ2n) is 14.4. The van der Waals surface area contributed by atoms with Crippen molar-refractivity contribution in [1.29, 1.82) is 0 Å². The number of aromatic nitrogens is 3. The molecule has 10 aromatic rings. The molecule has 0 bridgehead atoms. The highest BCUT2D eigenvalue weighted by molar-refractivity contribution is 6.07. The summed E-state index contributed by atoms with van der Waals surface area (Å²) in [5.74, 6) is 1.91. The zero-order valence-electron chi connectivity index (χ0n) is 31.7. The molecule has 3 heteroatoms. The van der Waals surface area contributed by atoms with E-state index in [1.807, 2.05) is 60.7 Å². The summed E-state index contributed by atoms with van der Waals surface area (Å²) in [6.45, 7) is 0. The van der Waals surface area contributed by atoms with E-state index in [0.717, 1.165) is 38.9 Å². The van der Waals surface area contributed by atoms with Crippen LogP contribution in [0.5, 0.6) is 0 Å². The Hall–Kier alpha value is -7.75. The number of nitrogens with zero attached hydrogens (tertiary/aromatic N) is 3. The first-order valence-electron chi connectivity index (χ1n) is 19.6. The first kappa shape index (κ1) is 34.7. The minimum absolute atomic E-state index is 0.629. The molecule has 0 spiro atoms. The topological polar surface area (TPSA) is 38.7 Å². The number of fused-ring (bicyclic) bond motifs is 1. The van der Waals surface area contributed by atoms with Gasteiger partial charge in [-0.3, -0.25) is 0 Å². The fourth-order valence-corrected chi connectivity index (χ4v) is 7.88. The second kappa shape index (κ2) is 15.4. The van der Waals surface area contributed by atoms with Crippen LogP contribution < -0.4 is 0 Å². The molecule has 0 aliphatic carbocycles. The van der Waals surface area contributed by atoms with Gasteiger partial charge < -0.3 is 0 Å². The number of hydrogen-bond donors (Lipinski definition) is 0. The molecule has 0 fully saturated rings. The molecule has 0 saturated heterocycles. The maximum atomic E-state index is 5.07. The van der Waals surface area contributed by atoms with E-state index >= 15 is 0 Å². The van der Waals surface area contributed by atoms with Gasteiger partial charge in [0.1, 0.15) is 0 Å². The van der Waals surface area contributed by atoms with Crippen molar-refractivity contribution >= 4 is 10.8 Å². The third-order valence-electron chi connectivity index (χ3n) is 10.7. The van der Waals surface area contributed by atoms with E-state index in [9.17, 15) is 0 Å². The second-order valence-corrected chi connectivity index (χ2v) is 14.4. The summed E-state index contributed by atoms with van der Waals surface area (Å²) in [5, 5.41) is 2.39. The summed E-state index contributed by atoms with van der Waals surface area (Å²) < 4.78 is 0. The Balaban J connectivity index is 1.15. The van der Waals surface area contributed by atoms with Crippen molar-refractivity contribution in [3.63, 3.8) is 0 Å². The molecule has 1 heterocycles. The molecule has 0 aliphatic heterocycles. The molecule has 0 aliphatic rings. The molecule has 58 heavy (non-hydrogen) atoms. The van der Waals surface area contributed by atoms with Crippen molar-refractivity contribution in [2.45, 2.75) is 0 Å². The van der Waals surface area contributed by atoms with Gasteiger partial charge in [-0.1, -0.05) is 200 Å². The Kier molecular flexibility index (Phi) is 9.23. The van der Waals surface area contributed by atoms with Gasteiger partial charge in [0, 0.05) is 16.7 Å². The lowest BCUT2D eigenvalue weighted by Gasteiger charge is -2.18. The fourth-order valence-electron chi connectivity index (χ4n) is 7.88. The molecule has 0 N–H and O–H groups in total. The highest BCUT2D eigenvalue weighted by atomic mass is 15.0. The maximum Gasteiger partial charge on any atom is 0.164 e. The molecular formula is C55H37N3. The molecular weight excluding hydrogens is 703 g/mol. The van der Waals surface area contributed by atoms with Gasteiger partial charge in [0.15, 0.2) is 17.5 Å². The monoisotopic (exact) mass is 739 g/mol. The maximum absolute atomic E-state index is 5.07. The van der Waals surface area contributed by atoms with E-state index in [2.05, 4.69) is 164 Å². The van der Waals surface area contributed by atoms with Crippen molar-refractivity contribution in [1.82, 2.24) is 15.0 Å². The van der Waals surface area contributed by atoms with Crippen LogP contribution in [0.1, 0.15) is 0 Å². The summed E-state index contributed by atoms with van der Waals surface area (Å²) in [7, 11) is 0. The lowest BCUT2D eigenvalue weighted by atomic mass is 9.86. The van der Waals surface area contributed by atoms with Gasteiger partial charge in [-0.25, -0.2) is 15.0 Å². The average Bonchev–Trinajstić information content (AvgIpc) is 3.32. The zero-order valence-corrected chi connectivity index (χ0v) is 31.7. The van der Waals surface area contributed by atoms with E-state index < -0.39 is 0 Å². The van der Waals surface area contributed by atoms with Crippen molar-refractivity contribution in [2.75, 3.05) is 0 Å². The van der Waals surface area contributed by atoms with Crippen molar-refractivity contribution in [3.05, 3.63) is 224 Å². The third kappa shape index (κ3) is 6.87. The first-order valence-corrected chi connectivity index (χ1v) is 19.6. The highest BCUT2D eigenvalue weighted by Crippen LogP contribution is 2.43. The lowest BCUT2D eigenvalue weighted by Crippen LogP contribution is -2.00. The Morgan fingerprint density at radius 2 is 0.552 bits per heavy atom. The Morgan fingerprint density at radius 1 is 0.190 bits per heavy atom. The molecule has 272 valence electrons. The van der Waals surface area contributed by atoms with Gasteiger partial charge in [-0.05, 0) is 90.7 Å². The number of rotatable bonds is 8. The van der Waals surface area contributed by atoms with Crippen molar-refractivity contribution < 1.29 is 0 Å². The standard InChI is InChI=1S/C55H37N3/c1-6-18-38(19-7-1)44-34-45(39-20-8-2-9-21-39)36-46(35-44)47-32-33-50(49-29-17-16-28-48(47)49)51-31-30-43(37-52(51)40-22-10-3-11-23-40)55-57-53(41-24-12-4-13-25-41)56-54(58-55)42-26-14-5-15-27-42/h1-37H. The molecule has 0 atom stereocenters. The molecule has 0 saturated carbocycles. The van der Waals surface area contributed by atoms with Gasteiger partial charge in [0.25, 0.3) is 0 Å². The quantitative estimate of drug-likeness (QED) is 0.156. The largest absolute Gasteiger partial charge is 0.208 e. The normalized spacial score (nSPS) is 11.1. The SMILES string of the molecule is c1ccc(-c2cc(-c3ccccc3)cc(-c3ccc(-c4ccc(-c5nc(-c6ccccc6)nc(-c6ccccc6)n5)cc4-c4ccccc4)c4ccccc34)c2)cc1. The molecule has 0 amide bonds. The Bertz CT molecular complexity index is 2900. The molecule has 9 aromatic carbocycles. The van der Waals surface area contributed by atoms with Crippen LogP contribution in [0.3, 0.4) is 0 Å². The van der Waals surface area contributed by atoms with Crippen LogP contribution in [-0.4, -0.2) is 15.0 Å². The van der Waals surface area contributed by atoms with Crippen LogP contribution in [0, 0.1) is 0 Å². The van der Waals surface area contributed by atoms with Crippen LogP contribution >= 0.6 is 0 Å². The predicted octanol–water partition coefficient (Wildman–Crippen LogP) is 14.4. The van der Waals surface area contributed by atoms with Crippen molar-refractivity contribution in [3.8, 4) is 89.8 Å². The van der Waals surface area contributed by atoms with Crippen LogP contribution in [0.15, 0.2) is 224 Å². The van der Waals surface area contributed by atoms with E-state index in [1.54, 1.807) is 0 Å².